The summed E-state index contributed by atoms with van der Waals surface area (Å²) in [6, 6.07) is 10.1. The molecule has 21 heavy (non-hydrogen) atoms. The lowest BCUT2D eigenvalue weighted by atomic mass is 10.1. The van der Waals surface area contributed by atoms with Gasteiger partial charge in [-0.3, -0.25) is 9.20 Å². The smallest absolute Gasteiger partial charge is 0.220 e. The first-order chi connectivity index (χ1) is 10.3. The van der Waals surface area contributed by atoms with E-state index in [2.05, 4.69) is 20.9 Å². The number of thiazole rings is 1. The first-order valence-corrected chi connectivity index (χ1v) is 7.77. The molecule has 2 aromatic heterocycles. The van der Waals surface area contributed by atoms with Crippen molar-refractivity contribution in [3.63, 3.8) is 0 Å². The van der Waals surface area contributed by atoms with E-state index in [1.54, 1.807) is 17.7 Å². The summed E-state index contributed by atoms with van der Waals surface area (Å²) in [7, 11) is 0. The molecule has 3 aromatic rings. The highest BCUT2D eigenvalue weighted by Crippen LogP contribution is 2.13. The number of aryl methyl sites for hydroxylation is 1. The summed E-state index contributed by atoms with van der Waals surface area (Å²) >= 11 is 1.56. The Morgan fingerprint density at radius 1 is 1.24 bits per heavy atom. The van der Waals surface area contributed by atoms with Gasteiger partial charge in [-0.25, -0.2) is 0 Å². The van der Waals surface area contributed by atoms with Crippen LogP contribution in [0, 0.1) is 0 Å². The molecule has 108 valence electrons. The van der Waals surface area contributed by atoms with Crippen molar-refractivity contribution in [2.75, 3.05) is 6.54 Å². The molecular formula is C15H16N4OS. The Labute approximate surface area is 126 Å². The fourth-order valence-corrected chi connectivity index (χ4v) is 3.02. The summed E-state index contributed by atoms with van der Waals surface area (Å²) in [5.41, 5.74) is 2.32. The Bertz CT molecular complexity index is 719. The summed E-state index contributed by atoms with van der Waals surface area (Å²) < 4.78 is 1.96. The van der Waals surface area contributed by atoms with E-state index >= 15 is 0 Å². The Hall–Kier alpha value is -2.21. The fourth-order valence-electron chi connectivity index (χ4n) is 2.18. The molecule has 0 aliphatic rings. The van der Waals surface area contributed by atoms with Crippen LogP contribution < -0.4 is 5.32 Å². The van der Waals surface area contributed by atoms with Crippen LogP contribution in [0.3, 0.4) is 0 Å². The van der Waals surface area contributed by atoms with Crippen LogP contribution in [0.15, 0.2) is 42.0 Å². The normalized spacial score (nSPS) is 10.9. The van der Waals surface area contributed by atoms with E-state index in [0.717, 1.165) is 23.5 Å². The summed E-state index contributed by atoms with van der Waals surface area (Å²) in [5.74, 6) is 0.0917. The highest BCUT2D eigenvalue weighted by Gasteiger charge is 2.06. The van der Waals surface area contributed by atoms with Crippen molar-refractivity contribution < 1.29 is 4.79 Å². The maximum absolute atomic E-state index is 11.8. The quantitative estimate of drug-likeness (QED) is 0.758. The van der Waals surface area contributed by atoms with Gasteiger partial charge in [-0.05, 0) is 12.0 Å². The standard InChI is InChI=1S/C15H16N4OS/c20-14(7-6-12-4-2-1-3-5-12)16-9-8-13-10-21-15-18-17-11-19(13)15/h1-5,10-11H,6-9H2,(H,16,20). The molecule has 0 saturated heterocycles. The minimum absolute atomic E-state index is 0.0917. The van der Waals surface area contributed by atoms with Crippen molar-refractivity contribution in [1.29, 1.82) is 0 Å². The molecule has 0 bridgehead atoms. The Balaban J connectivity index is 1.43. The van der Waals surface area contributed by atoms with E-state index in [0.29, 0.717) is 13.0 Å². The van der Waals surface area contributed by atoms with E-state index in [-0.39, 0.29) is 5.91 Å². The van der Waals surface area contributed by atoms with Gasteiger partial charge in [0, 0.05) is 30.5 Å². The first-order valence-electron chi connectivity index (χ1n) is 6.89. The van der Waals surface area contributed by atoms with Crippen LogP contribution in [-0.4, -0.2) is 27.0 Å². The van der Waals surface area contributed by atoms with Gasteiger partial charge in [-0.1, -0.05) is 30.3 Å². The molecule has 0 radical (unpaired) electrons. The van der Waals surface area contributed by atoms with Crippen LogP contribution in [0.2, 0.25) is 0 Å². The topological polar surface area (TPSA) is 59.3 Å². The van der Waals surface area contributed by atoms with E-state index in [1.807, 2.05) is 34.7 Å². The van der Waals surface area contributed by atoms with E-state index in [9.17, 15) is 4.79 Å². The number of hydrogen-bond acceptors (Lipinski definition) is 4. The molecular weight excluding hydrogens is 284 g/mol. The lowest BCUT2D eigenvalue weighted by Crippen LogP contribution is -2.26. The van der Waals surface area contributed by atoms with Crippen molar-refractivity contribution in [2.45, 2.75) is 19.3 Å². The molecule has 0 fully saturated rings. The van der Waals surface area contributed by atoms with Crippen LogP contribution in [0.1, 0.15) is 17.7 Å². The number of nitrogens with zero attached hydrogens (tertiary/aromatic N) is 3. The fraction of sp³-hybridized carbons (Fsp3) is 0.267. The molecule has 0 aliphatic carbocycles. The SMILES string of the molecule is O=C(CCc1ccccc1)NCCc1csc2nncn12. The van der Waals surface area contributed by atoms with Gasteiger partial charge < -0.3 is 5.32 Å². The third-order valence-corrected chi connectivity index (χ3v) is 4.19. The molecule has 1 N–H and O–H groups in total. The van der Waals surface area contributed by atoms with Gasteiger partial charge >= 0.3 is 0 Å². The van der Waals surface area contributed by atoms with Gasteiger partial charge in [-0.2, -0.15) is 0 Å². The second-order valence-corrected chi connectivity index (χ2v) is 5.63. The van der Waals surface area contributed by atoms with Crippen molar-refractivity contribution in [3.05, 3.63) is 53.3 Å². The summed E-state index contributed by atoms with van der Waals surface area (Å²) in [6.07, 6.45) is 3.80. The minimum Gasteiger partial charge on any atom is -0.356 e. The monoisotopic (exact) mass is 300 g/mol. The summed E-state index contributed by atoms with van der Waals surface area (Å²) in [6.45, 7) is 0.637. The number of rotatable bonds is 6. The second-order valence-electron chi connectivity index (χ2n) is 4.80. The van der Waals surface area contributed by atoms with Gasteiger partial charge in [0.1, 0.15) is 6.33 Å². The predicted octanol–water partition coefficient (Wildman–Crippen LogP) is 2.08. The van der Waals surface area contributed by atoms with Crippen molar-refractivity contribution in [2.24, 2.45) is 0 Å². The molecule has 1 amide bonds. The van der Waals surface area contributed by atoms with Crippen LogP contribution >= 0.6 is 11.3 Å². The zero-order valence-corrected chi connectivity index (χ0v) is 12.3. The van der Waals surface area contributed by atoms with Crippen LogP contribution in [0.4, 0.5) is 0 Å². The molecule has 5 nitrogen and oxygen atoms in total. The van der Waals surface area contributed by atoms with E-state index in [1.165, 1.54) is 5.56 Å². The van der Waals surface area contributed by atoms with Crippen molar-refractivity contribution in [1.82, 2.24) is 19.9 Å². The Kier molecular flexibility index (Phi) is 4.25. The summed E-state index contributed by atoms with van der Waals surface area (Å²) in [4.78, 5) is 12.7. The zero-order valence-electron chi connectivity index (χ0n) is 11.5. The molecule has 0 aliphatic heterocycles. The van der Waals surface area contributed by atoms with Crippen molar-refractivity contribution >= 4 is 22.2 Å². The second kappa shape index (κ2) is 6.49. The van der Waals surface area contributed by atoms with E-state index < -0.39 is 0 Å². The maximum Gasteiger partial charge on any atom is 0.220 e. The average Bonchev–Trinajstić information content (AvgIpc) is 3.11. The number of amides is 1. The van der Waals surface area contributed by atoms with Crippen molar-refractivity contribution in [3.8, 4) is 0 Å². The first kappa shape index (κ1) is 13.8. The predicted molar refractivity (Wildman–Crippen MR) is 82.3 cm³/mol. The molecule has 0 atom stereocenters. The number of hydrogen-bond donors (Lipinski definition) is 1. The number of aromatic nitrogens is 3. The third kappa shape index (κ3) is 3.46. The van der Waals surface area contributed by atoms with Gasteiger partial charge in [0.2, 0.25) is 10.9 Å². The van der Waals surface area contributed by atoms with Crippen LogP contribution in [-0.2, 0) is 17.6 Å². The molecule has 6 heteroatoms. The van der Waals surface area contributed by atoms with Gasteiger partial charge in [0.15, 0.2) is 0 Å². The molecule has 0 saturated carbocycles. The number of carbonyl (C=O) groups excluding carboxylic acids is 1. The van der Waals surface area contributed by atoms with Gasteiger partial charge in [0.05, 0.1) is 0 Å². The third-order valence-electron chi connectivity index (χ3n) is 3.31. The number of carbonyl (C=O) groups is 1. The highest BCUT2D eigenvalue weighted by atomic mass is 32.1. The lowest BCUT2D eigenvalue weighted by molar-refractivity contribution is -0.121. The Morgan fingerprint density at radius 2 is 2.10 bits per heavy atom. The number of nitrogens with one attached hydrogen (secondary N) is 1. The zero-order chi connectivity index (χ0) is 14.5. The van der Waals surface area contributed by atoms with Gasteiger partial charge in [-0.15, -0.1) is 21.5 Å². The average molecular weight is 300 g/mol. The molecule has 2 heterocycles. The molecule has 1 aromatic carbocycles. The summed E-state index contributed by atoms with van der Waals surface area (Å²) in [5, 5.41) is 12.9. The number of fused-ring (bicyclic) bond motifs is 1. The minimum atomic E-state index is 0.0917. The van der Waals surface area contributed by atoms with Crippen LogP contribution in [0.25, 0.3) is 4.96 Å². The Morgan fingerprint density at radius 3 is 2.95 bits per heavy atom. The number of benzene rings is 1. The van der Waals surface area contributed by atoms with E-state index in [4.69, 9.17) is 0 Å². The maximum atomic E-state index is 11.8. The van der Waals surface area contributed by atoms with Crippen LogP contribution in [0.5, 0.6) is 0 Å². The molecule has 3 rings (SSSR count). The largest absolute Gasteiger partial charge is 0.356 e. The highest BCUT2D eigenvalue weighted by molar-refractivity contribution is 7.15. The molecule has 0 unspecified atom stereocenters. The van der Waals surface area contributed by atoms with Gasteiger partial charge in [0.25, 0.3) is 0 Å². The lowest BCUT2D eigenvalue weighted by Gasteiger charge is -2.05. The molecule has 0 spiro atoms.